The van der Waals surface area contributed by atoms with Crippen molar-refractivity contribution in [3.8, 4) is 5.75 Å². The van der Waals surface area contributed by atoms with Crippen molar-refractivity contribution in [1.82, 2.24) is 0 Å². The lowest BCUT2D eigenvalue weighted by molar-refractivity contribution is -0.111. The summed E-state index contributed by atoms with van der Waals surface area (Å²) in [4.78, 5) is 12.0. The molecule has 0 aliphatic carbocycles. The van der Waals surface area contributed by atoms with Crippen LogP contribution in [0.3, 0.4) is 0 Å². The summed E-state index contributed by atoms with van der Waals surface area (Å²) in [7, 11) is 0. The Morgan fingerprint density at radius 2 is 1.73 bits per heavy atom. The maximum Gasteiger partial charge on any atom is 0.248 e. The molecular weight excluding hydrogens is 390 g/mol. The molecule has 130 valence electrons. The normalized spacial score (nSPS) is 10.7. The van der Waals surface area contributed by atoms with Crippen molar-refractivity contribution in [2.75, 3.05) is 5.32 Å². The number of hydrogen-bond acceptors (Lipinski definition) is 2. The molecule has 0 unspecified atom stereocenters. The number of amides is 1. The average Bonchev–Trinajstić information content (AvgIpc) is 2.66. The molecule has 1 N–H and O–H groups in total. The van der Waals surface area contributed by atoms with Gasteiger partial charge in [-0.25, -0.2) is 0 Å². The minimum Gasteiger partial charge on any atom is -0.489 e. The van der Waals surface area contributed by atoms with E-state index in [4.69, 9.17) is 4.74 Å². The molecular formula is C22H18BrNO2. The van der Waals surface area contributed by atoms with E-state index >= 15 is 0 Å². The van der Waals surface area contributed by atoms with Crippen molar-refractivity contribution in [1.29, 1.82) is 0 Å². The predicted octanol–water partition coefficient (Wildman–Crippen LogP) is 5.68. The fourth-order valence-electron chi connectivity index (χ4n) is 2.34. The quantitative estimate of drug-likeness (QED) is 0.533. The van der Waals surface area contributed by atoms with Gasteiger partial charge in [0.15, 0.2) is 0 Å². The van der Waals surface area contributed by atoms with Crippen LogP contribution in [0.5, 0.6) is 5.75 Å². The van der Waals surface area contributed by atoms with E-state index in [-0.39, 0.29) is 5.91 Å². The summed E-state index contributed by atoms with van der Waals surface area (Å²) in [6, 6.07) is 25.1. The van der Waals surface area contributed by atoms with Crippen LogP contribution in [0.2, 0.25) is 0 Å². The molecule has 0 saturated heterocycles. The Morgan fingerprint density at radius 3 is 2.46 bits per heavy atom. The fraction of sp³-hybridized carbons (Fsp3) is 0.0455. The van der Waals surface area contributed by atoms with E-state index in [0.717, 1.165) is 27.0 Å². The Balaban J connectivity index is 1.53. The van der Waals surface area contributed by atoms with Crippen molar-refractivity contribution >= 4 is 33.6 Å². The lowest BCUT2D eigenvalue weighted by Crippen LogP contribution is -2.07. The third kappa shape index (κ3) is 5.60. The molecule has 0 aliphatic rings. The molecule has 1 amide bonds. The van der Waals surface area contributed by atoms with Gasteiger partial charge in [-0.15, -0.1) is 0 Å². The summed E-state index contributed by atoms with van der Waals surface area (Å²) in [5, 5.41) is 2.82. The van der Waals surface area contributed by atoms with Crippen molar-refractivity contribution in [3.05, 3.63) is 101 Å². The maximum atomic E-state index is 12.0. The van der Waals surface area contributed by atoms with Crippen LogP contribution in [-0.2, 0) is 11.4 Å². The highest BCUT2D eigenvalue weighted by Gasteiger charge is 1.99. The molecule has 0 aromatic heterocycles. The van der Waals surface area contributed by atoms with Crippen LogP contribution < -0.4 is 10.1 Å². The summed E-state index contributed by atoms with van der Waals surface area (Å²) >= 11 is 3.38. The zero-order chi connectivity index (χ0) is 18.2. The molecule has 0 spiro atoms. The Morgan fingerprint density at radius 1 is 0.962 bits per heavy atom. The van der Waals surface area contributed by atoms with Crippen LogP contribution in [0.15, 0.2) is 89.4 Å². The van der Waals surface area contributed by atoms with Gasteiger partial charge in [0.2, 0.25) is 5.91 Å². The number of halogens is 1. The molecule has 3 aromatic carbocycles. The highest BCUT2D eigenvalue weighted by Crippen LogP contribution is 2.17. The largest absolute Gasteiger partial charge is 0.489 e. The number of rotatable bonds is 6. The standard InChI is InChI=1S/C22H18BrNO2/c23-19-7-4-8-20(15-19)24-22(25)14-11-17-9-12-21(13-10-17)26-16-18-5-2-1-3-6-18/h1-15H,16H2,(H,24,25). The van der Waals surface area contributed by atoms with E-state index in [9.17, 15) is 4.79 Å². The average molecular weight is 408 g/mol. The third-order valence-corrected chi connectivity index (χ3v) is 4.14. The van der Waals surface area contributed by atoms with Gasteiger partial charge in [0, 0.05) is 16.2 Å². The maximum absolute atomic E-state index is 12.0. The highest BCUT2D eigenvalue weighted by atomic mass is 79.9. The van der Waals surface area contributed by atoms with Crippen LogP contribution in [0.25, 0.3) is 6.08 Å². The number of carbonyl (C=O) groups excluding carboxylic acids is 1. The number of ether oxygens (including phenoxy) is 1. The summed E-state index contributed by atoms with van der Waals surface area (Å²) in [5.41, 5.74) is 2.81. The predicted molar refractivity (Wildman–Crippen MR) is 109 cm³/mol. The van der Waals surface area contributed by atoms with Crippen molar-refractivity contribution in [3.63, 3.8) is 0 Å². The molecule has 3 rings (SSSR count). The molecule has 0 saturated carbocycles. The Bertz CT molecular complexity index is 890. The highest BCUT2D eigenvalue weighted by molar-refractivity contribution is 9.10. The van der Waals surface area contributed by atoms with Crippen molar-refractivity contribution in [2.24, 2.45) is 0 Å². The van der Waals surface area contributed by atoms with Gasteiger partial charge in [-0.1, -0.05) is 64.5 Å². The zero-order valence-corrected chi connectivity index (χ0v) is 15.6. The molecule has 26 heavy (non-hydrogen) atoms. The van der Waals surface area contributed by atoms with Gasteiger partial charge in [0.25, 0.3) is 0 Å². The summed E-state index contributed by atoms with van der Waals surface area (Å²) in [6.07, 6.45) is 3.29. The van der Waals surface area contributed by atoms with Crippen LogP contribution >= 0.6 is 15.9 Å². The van der Waals surface area contributed by atoms with Crippen LogP contribution in [-0.4, -0.2) is 5.91 Å². The number of hydrogen-bond donors (Lipinski definition) is 1. The van der Waals surface area contributed by atoms with Gasteiger partial charge in [-0.3, -0.25) is 4.79 Å². The van der Waals surface area contributed by atoms with Crippen LogP contribution in [0, 0.1) is 0 Å². The van der Waals surface area contributed by atoms with Gasteiger partial charge in [-0.05, 0) is 47.5 Å². The summed E-state index contributed by atoms with van der Waals surface area (Å²) in [5.74, 6) is 0.622. The van der Waals surface area contributed by atoms with E-state index in [0.29, 0.717) is 6.61 Å². The lowest BCUT2D eigenvalue weighted by atomic mass is 10.2. The van der Waals surface area contributed by atoms with Gasteiger partial charge in [0.1, 0.15) is 12.4 Å². The Hall–Kier alpha value is -2.85. The van der Waals surface area contributed by atoms with E-state index in [1.54, 1.807) is 6.08 Å². The van der Waals surface area contributed by atoms with Crippen LogP contribution in [0.1, 0.15) is 11.1 Å². The Kier molecular flexibility index (Phi) is 6.23. The first-order valence-electron chi connectivity index (χ1n) is 8.20. The molecule has 0 atom stereocenters. The Labute approximate surface area is 161 Å². The summed E-state index contributed by atoms with van der Waals surface area (Å²) in [6.45, 7) is 0.533. The molecule has 0 aliphatic heterocycles. The fourth-order valence-corrected chi connectivity index (χ4v) is 2.74. The van der Waals surface area contributed by atoms with E-state index in [1.807, 2.05) is 78.9 Å². The smallest absolute Gasteiger partial charge is 0.248 e. The first-order valence-corrected chi connectivity index (χ1v) is 9.00. The molecule has 0 radical (unpaired) electrons. The number of nitrogens with one attached hydrogen (secondary N) is 1. The molecule has 0 heterocycles. The topological polar surface area (TPSA) is 38.3 Å². The van der Waals surface area contributed by atoms with Gasteiger partial charge < -0.3 is 10.1 Å². The number of carbonyl (C=O) groups is 1. The minimum atomic E-state index is -0.174. The first-order chi connectivity index (χ1) is 12.7. The first kappa shape index (κ1) is 18.0. The van der Waals surface area contributed by atoms with E-state index < -0.39 is 0 Å². The van der Waals surface area contributed by atoms with Gasteiger partial charge >= 0.3 is 0 Å². The molecule has 0 fully saturated rings. The second kappa shape index (κ2) is 9.02. The number of benzene rings is 3. The van der Waals surface area contributed by atoms with Crippen LogP contribution in [0.4, 0.5) is 5.69 Å². The second-order valence-electron chi connectivity index (χ2n) is 5.68. The lowest BCUT2D eigenvalue weighted by Gasteiger charge is -2.06. The number of anilines is 1. The van der Waals surface area contributed by atoms with Crippen molar-refractivity contribution < 1.29 is 9.53 Å². The SMILES string of the molecule is O=C(C=Cc1ccc(OCc2ccccc2)cc1)Nc1cccc(Br)c1. The molecule has 3 aromatic rings. The third-order valence-electron chi connectivity index (χ3n) is 3.65. The molecule has 0 bridgehead atoms. The van der Waals surface area contributed by atoms with Crippen molar-refractivity contribution in [2.45, 2.75) is 6.61 Å². The minimum absolute atomic E-state index is 0.174. The summed E-state index contributed by atoms with van der Waals surface area (Å²) < 4.78 is 6.68. The zero-order valence-electron chi connectivity index (χ0n) is 14.1. The van der Waals surface area contributed by atoms with E-state index in [2.05, 4.69) is 21.2 Å². The monoisotopic (exact) mass is 407 g/mol. The second-order valence-corrected chi connectivity index (χ2v) is 6.59. The van der Waals surface area contributed by atoms with E-state index in [1.165, 1.54) is 6.08 Å². The van der Waals surface area contributed by atoms with Gasteiger partial charge in [0.05, 0.1) is 0 Å². The molecule has 4 heteroatoms. The molecule has 3 nitrogen and oxygen atoms in total. The van der Waals surface area contributed by atoms with Gasteiger partial charge in [-0.2, -0.15) is 0 Å².